The number of nitro groups is 1. The maximum Gasteiger partial charge on any atom is 0.574 e. The Bertz CT molecular complexity index is 455. The highest BCUT2D eigenvalue weighted by Crippen LogP contribution is 2.34. The van der Waals surface area contributed by atoms with Gasteiger partial charge in [0.2, 0.25) is 0 Å². The lowest BCUT2D eigenvalue weighted by Crippen LogP contribution is -2.19. The fourth-order valence-electron chi connectivity index (χ4n) is 1.01. The van der Waals surface area contributed by atoms with Crippen molar-refractivity contribution in [3.63, 3.8) is 0 Å². The summed E-state index contributed by atoms with van der Waals surface area (Å²) in [6.45, 7) is 0. The molecular formula is C7H3BrF3IN2O3. The average molecular weight is 427 g/mol. The largest absolute Gasteiger partial charge is 0.574 e. The Hall–Kier alpha value is -0.650. The topological polar surface area (TPSA) is 65.3 Å². The van der Waals surface area contributed by atoms with Gasteiger partial charge >= 0.3 is 17.9 Å². The van der Waals surface area contributed by atoms with Gasteiger partial charge in [-0.25, -0.2) is 4.98 Å². The molecule has 1 heterocycles. The van der Waals surface area contributed by atoms with Crippen LogP contribution < -0.4 is 4.74 Å². The molecule has 0 aliphatic carbocycles. The molecule has 0 saturated heterocycles. The molecule has 0 aromatic carbocycles. The van der Waals surface area contributed by atoms with Gasteiger partial charge in [0.25, 0.3) is 0 Å². The number of aromatic nitrogens is 1. The second kappa shape index (κ2) is 5.33. The number of pyridine rings is 1. The summed E-state index contributed by atoms with van der Waals surface area (Å²) in [5, 5.41) is 10.7. The van der Waals surface area contributed by atoms with Crippen LogP contribution in [0.15, 0.2) is 6.07 Å². The van der Waals surface area contributed by atoms with Gasteiger partial charge in [-0.15, -0.1) is 13.2 Å². The van der Waals surface area contributed by atoms with Gasteiger partial charge in [-0.3, -0.25) is 10.1 Å². The van der Waals surface area contributed by atoms with Crippen LogP contribution in [0.1, 0.15) is 5.56 Å². The third-order valence-corrected chi connectivity index (χ3v) is 2.70. The van der Waals surface area contributed by atoms with Gasteiger partial charge in [0.15, 0.2) is 0 Å². The summed E-state index contributed by atoms with van der Waals surface area (Å²) >= 11 is 4.60. The fourth-order valence-corrected chi connectivity index (χ4v) is 2.03. The van der Waals surface area contributed by atoms with Gasteiger partial charge < -0.3 is 4.74 Å². The van der Waals surface area contributed by atoms with Crippen molar-refractivity contribution < 1.29 is 22.8 Å². The van der Waals surface area contributed by atoms with Crippen molar-refractivity contribution in [3.8, 4) is 5.88 Å². The highest BCUT2D eigenvalue weighted by atomic mass is 127. The summed E-state index contributed by atoms with van der Waals surface area (Å²) in [5.41, 5.74) is -0.728. The molecule has 0 bridgehead atoms. The Morgan fingerprint density at radius 3 is 2.59 bits per heavy atom. The monoisotopic (exact) mass is 426 g/mol. The molecule has 0 amide bonds. The molecule has 0 saturated carbocycles. The quantitative estimate of drug-likeness (QED) is 0.244. The van der Waals surface area contributed by atoms with Crippen LogP contribution in [-0.2, 0) is 5.33 Å². The minimum absolute atomic E-state index is 0.0239. The first kappa shape index (κ1) is 14.4. The number of alkyl halides is 4. The van der Waals surface area contributed by atoms with Gasteiger partial charge in [-0.1, -0.05) is 15.9 Å². The van der Waals surface area contributed by atoms with Crippen LogP contribution in [0, 0.1) is 13.8 Å². The number of rotatable bonds is 3. The molecule has 0 atom stereocenters. The Labute approximate surface area is 115 Å². The third-order valence-electron chi connectivity index (χ3n) is 1.55. The maximum absolute atomic E-state index is 12.1. The lowest BCUT2D eigenvalue weighted by molar-refractivity contribution is -0.389. The number of nitrogens with zero attached hydrogens (tertiary/aromatic N) is 2. The molecule has 1 rings (SSSR count). The molecule has 0 fully saturated rings. The Kier molecular flexibility index (Phi) is 4.52. The second-order valence-electron chi connectivity index (χ2n) is 2.70. The van der Waals surface area contributed by atoms with Crippen LogP contribution in [0.3, 0.4) is 0 Å². The highest BCUT2D eigenvalue weighted by Gasteiger charge is 2.36. The van der Waals surface area contributed by atoms with E-state index in [0.717, 1.165) is 0 Å². The fraction of sp³-hybridized carbons (Fsp3) is 0.286. The summed E-state index contributed by atoms with van der Waals surface area (Å²) in [7, 11) is 0. The van der Waals surface area contributed by atoms with E-state index in [1.807, 2.05) is 0 Å². The van der Waals surface area contributed by atoms with E-state index in [9.17, 15) is 23.3 Å². The standard InChI is InChI=1S/C7H3BrF3IN2O3/c8-2-3-1-4(12)13-6(5(3)14(15)16)17-7(9,10)11/h1H,2H2. The van der Waals surface area contributed by atoms with Crippen LogP contribution in [0.4, 0.5) is 18.9 Å². The van der Waals surface area contributed by atoms with Crippen molar-refractivity contribution in [1.29, 1.82) is 0 Å². The molecule has 5 nitrogen and oxygen atoms in total. The van der Waals surface area contributed by atoms with E-state index >= 15 is 0 Å². The summed E-state index contributed by atoms with van der Waals surface area (Å²) in [6.07, 6.45) is -5.02. The molecule has 0 aliphatic heterocycles. The van der Waals surface area contributed by atoms with E-state index in [1.165, 1.54) is 6.07 Å². The number of hydrogen-bond acceptors (Lipinski definition) is 4. The highest BCUT2D eigenvalue weighted by molar-refractivity contribution is 14.1. The smallest absolute Gasteiger partial charge is 0.381 e. The van der Waals surface area contributed by atoms with E-state index in [2.05, 4.69) is 25.7 Å². The summed E-state index contributed by atoms with van der Waals surface area (Å²) in [5.74, 6) is -1.05. The zero-order valence-corrected chi connectivity index (χ0v) is 11.5. The van der Waals surface area contributed by atoms with Gasteiger partial charge in [0, 0.05) is 10.9 Å². The molecule has 1 aromatic rings. The zero-order chi connectivity index (χ0) is 13.2. The lowest BCUT2D eigenvalue weighted by atomic mass is 10.2. The van der Waals surface area contributed by atoms with Crippen molar-refractivity contribution in [2.45, 2.75) is 11.7 Å². The molecule has 0 unspecified atom stereocenters. The van der Waals surface area contributed by atoms with Gasteiger partial charge in [-0.05, 0) is 28.7 Å². The normalized spacial score (nSPS) is 11.4. The molecule has 1 aromatic heterocycles. The lowest BCUT2D eigenvalue weighted by Gasteiger charge is -2.10. The molecule has 10 heteroatoms. The number of hydrogen-bond donors (Lipinski definition) is 0. The first-order chi connectivity index (χ1) is 7.74. The molecule has 17 heavy (non-hydrogen) atoms. The van der Waals surface area contributed by atoms with Crippen LogP contribution in [0.5, 0.6) is 5.88 Å². The van der Waals surface area contributed by atoms with Crippen LogP contribution in [0.2, 0.25) is 0 Å². The maximum atomic E-state index is 12.1. The minimum Gasteiger partial charge on any atom is -0.381 e. The molecular weight excluding hydrogens is 424 g/mol. The molecule has 0 radical (unpaired) electrons. The van der Waals surface area contributed by atoms with Gasteiger partial charge in [-0.2, -0.15) is 0 Å². The third kappa shape index (κ3) is 3.94. The molecule has 0 aliphatic rings. The summed E-state index contributed by atoms with van der Waals surface area (Å²) in [6, 6.07) is 1.30. The van der Waals surface area contributed by atoms with E-state index in [0.29, 0.717) is 0 Å². The van der Waals surface area contributed by atoms with Crippen LogP contribution in [0.25, 0.3) is 0 Å². The predicted octanol–water partition coefficient (Wildman–Crippen LogP) is 3.39. The van der Waals surface area contributed by atoms with Crippen molar-refractivity contribution >= 4 is 44.2 Å². The predicted molar refractivity (Wildman–Crippen MR) is 62.9 cm³/mol. The van der Waals surface area contributed by atoms with Gasteiger partial charge in [0.1, 0.15) is 3.70 Å². The van der Waals surface area contributed by atoms with E-state index in [4.69, 9.17) is 0 Å². The van der Waals surface area contributed by atoms with Crippen molar-refractivity contribution in [3.05, 3.63) is 25.4 Å². The Morgan fingerprint density at radius 1 is 1.59 bits per heavy atom. The van der Waals surface area contributed by atoms with E-state index in [1.54, 1.807) is 22.6 Å². The average Bonchev–Trinajstić information content (AvgIpc) is 2.12. The number of ether oxygens (including phenoxy) is 1. The minimum atomic E-state index is -5.02. The molecule has 0 spiro atoms. The van der Waals surface area contributed by atoms with E-state index < -0.39 is 22.9 Å². The first-order valence-electron chi connectivity index (χ1n) is 3.90. The second-order valence-corrected chi connectivity index (χ2v) is 4.36. The van der Waals surface area contributed by atoms with Crippen molar-refractivity contribution in [1.82, 2.24) is 4.98 Å². The summed E-state index contributed by atoms with van der Waals surface area (Å²) in [4.78, 5) is 13.1. The van der Waals surface area contributed by atoms with Crippen molar-refractivity contribution in [2.75, 3.05) is 0 Å². The molecule has 94 valence electrons. The zero-order valence-electron chi connectivity index (χ0n) is 7.79. The van der Waals surface area contributed by atoms with Crippen molar-refractivity contribution in [2.24, 2.45) is 0 Å². The van der Waals surface area contributed by atoms with E-state index in [-0.39, 0.29) is 14.6 Å². The SMILES string of the molecule is O=[N+]([O-])c1c(CBr)cc(I)nc1OC(F)(F)F. The molecule has 0 N–H and O–H groups in total. The van der Waals surface area contributed by atoms with Gasteiger partial charge in [0.05, 0.1) is 4.92 Å². The Morgan fingerprint density at radius 2 is 2.18 bits per heavy atom. The van der Waals surface area contributed by atoms with Crippen LogP contribution in [-0.4, -0.2) is 16.3 Å². The summed E-state index contributed by atoms with van der Waals surface area (Å²) < 4.78 is 39.9. The van der Waals surface area contributed by atoms with Crippen LogP contribution >= 0.6 is 38.5 Å². The first-order valence-corrected chi connectivity index (χ1v) is 6.10. The number of halogens is 5. The Balaban J connectivity index is 3.35.